The molecule has 0 nitrogen and oxygen atoms in total. The van der Waals surface area contributed by atoms with Gasteiger partial charge in [0.25, 0.3) is 0 Å². The number of allylic oxidation sites excluding steroid dienone is 1. The molecule has 56 heavy (non-hydrogen) atoms. The van der Waals surface area contributed by atoms with Gasteiger partial charge in [-0.2, -0.15) is 0 Å². The van der Waals surface area contributed by atoms with Gasteiger partial charge in [0.15, 0.2) is 0 Å². The third-order valence-electron chi connectivity index (χ3n) is 11.9. The molecule has 0 saturated heterocycles. The van der Waals surface area contributed by atoms with E-state index >= 15 is 0 Å². The van der Waals surface area contributed by atoms with Gasteiger partial charge in [0, 0.05) is 25.8 Å². The second-order valence-electron chi connectivity index (χ2n) is 15.5. The molecule has 0 saturated carbocycles. The van der Waals surface area contributed by atoms with E-state index < -0.39 is 0 Å². The van der Waals surface area contributed by atoms with E-state index in [1.807, 2.05) is 11.3 Å². The first kappa shape index (κ1) is 35.7. The summed E-state index contributed by atoms with van der Waals surface area (Å²) in [5.74, 6) is 0. The molecule has 0 amide bonds. The Labute approximate surface area is 334 Å². The van der Waals surface area contributed by atoms with Crippen molar-refractivity contribution in [2.75, 3.05) is 0 Å². The fourth-order valence-electron chi connectivity index (χ4n) is 9.23. The number of hydrogen-bond acceptors (Lipinski definition) is 1. The maximum absolute atomic E-state index is 2.46. The molecule has 7 aromatic carbocycles. The first-order valence-electron chi connectivity index (χ1n) is 19.8. The molecule has 1 aliphatic carbocycles. The van der Waals surface area contributed by atoms with Gasteiger partial charge < -0.3 is 0 Å². The van der Waals surface area contributed by atoms with Crippen molar-refractivity contribution in [1.29, 1.82) is 0 Å². The van der Waals surface area contributed by atoms with E-state index in [1.165, 1.54) is 108 Å². The number of aryl methyl sites for hydroxylation is 1. The first-order chi connectivity index (χ1) is 27.3. The fraction of sp³-hybridized carbons (Fsp3) is 0.127. The van der Waals surface area contributed by atoms with Crippen LogP contribution in [0.5, 0.6) is 0 Å². The Morgan fingerprint density at radius 3 is 1.80 bits per heavy atom. The molecule has 0 radical (unpaired) electrons. The molecule has 272 valence electrons. The second kappa shape index (κ2) is 14.2. The lowest BCUT2D eigenvalue weighted by Crippen LogP contribution is -2.27. The topological polar surface area (TPSA) is 0 Å². The molecule has 1 aliphatic rings. The molecule has 0 bridgehead atoms. The number of rotatable bonds is 4. The molecule has 0 unspecified atom stereocenters. The highest BCUT2D eigenvalue weighted by atomic mass is 32.1. The quantitative estimate of drug-likeness (QED) is 0.169. The Morgan fingerprint density at radius 1 is 0.518 bits per heavy atom. The van der Waals surface area contributed by atoms with Crippen molar-refractivity contribution in [2.24, 2.45) is 0 Å². The third-order valence-corrected chi connectivity index (χ3v) is 13.2. The normalized spacial score (nSPS) is 13.8. The van der Waals surface area contributed by atoms with Crippen LogP contribution >= 0.6 is 11.3 Å². The van der Waals surface area contributed by atoms with Crippen molar-refractivity contribution in [3.05, 3.63) is 184 Å². The number of hydrogen-bond donors (Lipinski definition) is 0. The zero-order valence-corrected chi connectivity index (χ0v) is 33.9. The van der Waals surface area contributed by atoms with Crippen LogP contribution in [0, 0.1) is 6.92 Å². The van der Waals surface area contributed by atoms with Crippen LogP contribution in [0.3, 0.4) is 0 Å². The molecule has 0 spiro atoms. The van der Waals surface area contributed by atoms with E-state index in [-0.39, 0.29) is 5.41 Å². The van der Waals surface area contributed by atoms with Gasteiger partial charge in [-0.15, -0.1) is 11.3 Å². The summed E-state index contributed by atoms with van der Waals surface area (Å²) in [4.78, 5) is 1.36. The van der Waals surface area contributed by atoms with Gasteiger partial charge in [0.2, 0.25) is 0 Å². The summed E-state index contributed by atoms with van der Waals surface area (Å²) in [5, 5.41) is 9.08. The molecule has 1 heteroatoms. The Balaban J connectivity index is 1.19. The molecule has 0 aliphatic heterocycles. The molecule has 1 heterocycles. The van der Waals surface area contributed by atoms with Gasteiger partial charge in [0.1, 0.15) is 0 Å². The SMILES string of the molecule is CC=c1c(-c2ccc(-c3ccc4c(c3)-c3c(c5c(C)c(/C=C\C)sc5c5ccccc35)C4(C)C)cc2)ccccccc(-c2ccc3ccccc3c2)/c1=C/C. The Hall–Kier alpha value is -6.02. The molecule has 1 aromatic heterocycles. The highest BCUT2D eigenvalue weighted by Crippen LogP contribution is 2.57. The lowest BCUT2D eigenvalue weighted by Gasteiger charge is -2.23. The zero-order chi connectivity index (χ0) is 38.6. The average molecular weight is 739 g/mol. The third kappa shape index (κ3) is 5.73. The first-order valence-corrected chi connectivity index (χ1v) is 20.6. The van der Waals surface area contributed by atoms with Gasteiger partial charge >= 0.3 is 0 Å². The smallest absolute Gasteiger partial charge is 0.0433 e. The van der Waals surface area contributed by atoms with Crippen LogP contribution in [0.4, 0.5) is 0 Å². The lowest BCUT2D eigenvalue weighted by molar-refractivity contribution is 0.666. The minimum Gasteiger partial charge on any atom is -0.135 e. The van der Waals surface area contributed by atoms with E-state index in [2.05, 4.69) is 211 Å². The van der Waals surface area contributed by atoms with Crippen LogP contribution in [-0.4, -0.2) is 0 Å². The van der Waals surface area contributed by atoms with Gasteiger partial charge in [-0.3, -0.25) is 0 Å². The van der Waals surface area contributed by atoms with E-state index in [4.69, 9.17) is 0 Å². The summed E-state index contributed by atoms with van der Waals surface area (Å²) in [6.07, 6.45) is 8.97. The van der Waals surface area contributed by atoms with Crippen LogP contribution in [-0.2, 0) is 5.41 Å². The van der Waals surface area contributed by atoms with Crippen molar-refractivity contribution in [2.45, 2.75) is 47.0 Å². The minimum absolute atomic E-state index is 0.118. The van der Waals surface area contributed by atoms with Crippen LogP contribution in [0.25, 0.3) is 94.4 Å². The van der Waals surface area contributed by atoms with Crippen molar-refractivity contribution in [3.63, 3.8) is 0 Å². The van der Waals surface area contributed by atoms with E-state index in [0.29, 0.717) is 0 Å². The monoisotopic (exact) mass is 738 g/mol. The fourth-order valence-corrected chi connectivity index (χ4v) is 10.6. The summed E-state index contributed by atoms with van der Waals surface area (Å²) in [7, 11) is 0. The van der Waals surface area contributed by atoms with E-state index in [1.54, 1.807) is 0 Å². The molecular weight excluding hydrogens is 693 g/mol. The molecule has 0 atom stereocenters. The summed E-state index contributed by atoms with van der Waals surface area (Å²) in [6, 6.07) is 53.9. The Bertz CT molecular complexity index is 3080. The maximum Gasteiger partial charge on any atom is 0.0433 e. The highest BCUT2D eigenvalue weighted by molar-refractivity contribution is 7.21. The van der Waals surface area contributed by atoms with Gasteiger partial charge in [-0.1, -0.05) is 166 Å². The minimum atomic E-state index is -0.118. The number of thiophene rings is 1. The predicted molar refractivity (Wildman–Crippen MR) is 247 cm³/mol. The maximum atomic E-state index is 2.46. The van der Waals surface area contributed by atoms with Gasteiger partial charge in [-0.05, 0) is 134 Å². The second-order valence-corrected chi connectivity index (χ2v) is 16.5. The summed E-state index contributed by atoms with van der Waals surface area (Å²) in [6.45, 7) is 13.6. The molecule has 9 rings (SSSR count). The Morgan fingerprint density at radius 2 is 1.11 bits per heavy atom. The molecular formula is C55H46S. The van der Waals surface area contributed by atoms with Gasteiger partial charge in [-0.25, -0.2) is 0 Å². The summed E-state index contributed by atoms with van der Waals surface area (Å²) < 4.78 is 1.41. The molecule has 0 N–H and O–H groups in total. The van der Waals surface area contributed by atoms with Crippen LogP contribution < -0.4 is 10.4 Å². The van der Waals surface area contributed by atoms with Crippen molar-refractivity contribution in [1.82, 2.24) is 0 Å². The van der Waals surface area contributed by atoms with E-state index in [0.717, 1.165) is 0 Å². The van der Waals surface area contributed by atoms with Crippen LogP contribution in [0.1, 0.15) is 56.2 Å². The average Bonchev–Trinajstić information content (AvgIpc) is 3.68. The van der Waals surface area contributed by atoms with Crippen molar-refractivity contribution >= 4 is 61.2 Å². The molecule has 8 aromatic rings. The van der Waals surface area contributed by atoms with Crippen LogP contribution in [0.2, 0.25) is 0 Å². The highest BCUT2D eigenvalue weighted by Gasteiger charge is 2.39. The summed E-state index contributed by atoms with van der Waals surface area (Å²) in [5.41, 5.74) is 14.2. The standard InChI is InChI=1S/C55H46S/c1-7-18-50-35(4)51-53-52(46-23-16-17-24-47(46)54(51)56-50)48-34-40(31-32-49(48)55(53,5)6)37-25-28-38(29-26-37)44-21-12-10-11-13-22-45(43(9-3)42(44)8-2)41-30-27-36-19-14-15-20-39(36)33-41/h7-34H,1-6H3/b12-10?,13-11?,18-7-,42-8?,43-9+,44-21?,45-22?. The van der Waals surface area contributed by atoms with Crippen molar-refractivity contribution < 1.29 is 0 Å². The Kier molecular flexibility index (Phi) is 9.07. The largest absolute Gasteiger partial charge is 0.135 e. The van der Waals surface area contributed by atoms with Crippen LogP contribution in [0.15, 0.2) is 152 Å². The van der Waals surface area contributed by atoms with E-state index in [9.17, 15) is 0 Å². The summed E-state index contributed by atoms with van der Waals surface area (Å²) >= 11 is 1.93. The number of fused-ring (bicyclic) bond motifs is 9. The number of benzene rings is 6. The van der Waals surface area contributed by atoms with Gasteiger partial charge in [0.05, 0.1) is 0 Å². The van der Waals surface area contributed by atoms with Crippen molar-refractivity contribution in [3.8, 4) is 44.5 Å². The predicted octanol–water partition coefficient (Wildman–Crippen LogP) is 14.6. The lowest BCUT2D eigenvalue weighted by atomic mass is 9.79. The molecule has 0 fully saturated rings. The zero-order valence-electron chi connectivity index (χ0n) is 33.1.